The first-order valence-corrected chi connectivity index (χ1v) is 12.0. The van der Waals surface area contributed by atoms with Crippen LogP contribution >= 0.6 is 7.82 Å². The van der Waals surface area contributed by atoms with E-state index >= 15 is 0 Å². The van der Waals surface area contributed by atoms with Gasteiger partial charge in [-0.3, -0.25) is 13.8 Å². The summed E-state index contributed by atoms with van der Waals surface area (Å²) in [5.74, 6) is -0.529. The molecule has 1 amide bonds. The number of alkyl carbamates (subject to hydrolysis) is 1. The lowest BCUT2D eigenvalue weighted by molar-refractivity contribution is -0.146. The highest BCUT2D eigenvalue weighted by Crippen LogP contribution is 2.55. The second-order valence-electron chi connectivity index (χ2n) is 9.61. The predicted octanol–water partition coefficient (Wildman–Crippen LogP) is 4.80. The molecule has 32 heavy (non-hydrogen) atoms. The van der Waals surface area contributed by atoms with Crippen LogP contribution in [-0.4, -0.2) is 36.6 Å². The fourth-order valence-corrected chi connectivity index (χ4v) is 4.42. The molecule has 0 unspecified atom stereocenters. The number of carbonyl (C=O) groups is 2. The summed E-state index contributed by atoms with van der Waals surface area (Å²) < 4.78 is 39.1. The minimum Gasteiger partial charge on any atom is -0.461 e. The van der Waals surface area contributed by atoms with Crippen LogP contribution in [0.4, 0.5) is 4.79 Å². The SMILES string of the molecule is CC(C)(C)OP(=O)(OCOC(=O)NC[C@@H]1C[C@@H]1C(=O)OCc1ccccc1)OC(C)(C)C. The Kier molecular flexibility index (Phi) is 8.88. The van der Waals surface area contributed by atoms with Gasteiger partial charge in [-0.2, -0.15) is 0 Å². The minimum atomic E-state index is -3.97. The number of phosphoric acid groups is 1. The Hall–Kier alpha value is -1.93. The molecule has 1 aliphatic rings. The Bertz CT molecular complexity index is 795. The lowest BCUT2D eigenvalue weighted by Gasteiger charge is -2.30. The first-order chi connectivity index (χ1) is 14.8. The molecule has 0 aliphatic heterocycles. The van der Waals surface area contributed by atoms with Crippen LogP contribution in [0, 0.1) is 11.8 Å². The van der Waals surface area contributed by atoms with Gasteiger partial charge in [-0.1, -0.05) is 30.3 Å². The summed E-state index contributed by atoms with van der Waals surface area (Å²) in [5, 5.41) is 2.57. The first-order valence-electron chi connectivity index (χ1n) is 10.5. The summed E-state index contributed by atoms with van der Waals surface area (Å²) in [5.41, 5.74) is -0.666. The third-order valence-electron chi connectivity index (χ3n) is 4.13. The van der Waals surface area contributed by atoms with Crippen molar-refractivity contribution in [2.45, 2.75) is 65.8 Å². The number of hydrogen-bond acceptors (Lipinski definition) is 8. The molecule has 10 heteroatoms. The summed E-state index contributed by atoms with van der Waals surface area (Å²) >= 11 is 0. The van der Waals surface area contributed by atoms with Crippen LogP contribution in [-0.2, 0) is 39.0 Å². The number of nitrogens with one attached hydrogen (secondary N) is 1. The molecule has 9 nitrogen and oxygen atoms in total. The molecule has 1 aliphatic carbocycles. The number of ether oxygens (including phenoxy) is 2. The fourth-order valence-electron chi connectivity index (χ4n) is 2.75. The Morgan fingerprint density at radius 1 is 1.00 bits per heavy atom. The smallest absolute Gasteiger partial charge is 0.461 e. The average Bonchev–Trinajstić information content (AvgIpc) is 3.42. The summed E-state index contributed by atoms with van der Waals surface area (Å²) in [6.07, 6.45) is -0.121. The van der Waals surface area contributed by atoms with Crippen LogP contribution in [0.3, 0.4) is 0 Å². The van der Waals surface area contributed by atoms with Gasteiger partial charge in [-0.15, -0.1) is 0 Å². The van der Waals surface area contributed by atoms with Gasteiger partial charge in [0.2, 0.25) is 6.79 Å². The van der Waals surface area contributed by atoms with E-state index in [9.17, 15) is 14.2 Å². The monoisotopic (exact) mass is 471 g/mol. The predicted molar refractivity (Wildman–Crippen MR) is 118 cm³/mol. The van der Waals surface area contributed by atoms with E-state index in [2.05, 4.69) is 5.32 Å². The van der Waals surface area contributed by atoms with Crippen molar-refractivity contribution in [1.29, 1.82) is 0 Å². The third kappa shape index (κ3) is 10.1. The molecule has 0 spiro atoms. The van der Waals surface area contributed by atoms with E-state index in [1.54, 1.807) is 41.5 Å². The van der Waals surface area contributed by atoms with E-state index in [0.29, 0.717) is 6.42 Å². The molecule has 1 N–H and O–H groups in total. The minimum absolute atomic E-state index is 0.00807. The largest absolute Gasteiger partial charge is 0.478 e. The van der Waals surface area contributed by atoms with Crippen LogP contribution in [0.2, 0.25) is 0 Å². The van der Waals surface area contributed by atoms with Gasteiger partial charge in [0.1, 0.15) is 6.61 Å². The number of esters is 1. The summed E-state index contributed by atoms with van der Waals surface area (Å²) in [7, 11) is -3.97. The number of amides is 1. The van der Waals surface area contributed by atoms with Crippen molar-refractivity contribution in [2.75, 3.05) is 13.3 Å². The highest BCUT2D eigenvalue weighted by atomic mass is 31.2. The zero-order valence-electron chi connectivity index (χ0n) is 19.6. The number of carbonyl (C=O) groups excluding carboxylic acids is 2. The quantitative estimate of drug-likeness (QED) is 0.294. The molecule has 2 rings (SSSR count). The lowest BCUT2D eigenvalue weighted by atomic mass is 10.2. The third-order valence-corrected chi connectivity index (χ3v) is 6.09. The number of phosphoric ester groups is 1. The molecule has 1 aromatic carbocycles. The summed E-state index contributed by atoms with van der Waals surface area (Å²) in [6, 6.07) is 9.42. The molecule has 1 saturated carbocycles. The second kappa shape index (κ2) is 10.8. The van der Waals surface area contributed by atoms with E-state index in [1.807, 2.05) is 30.3 Å². The van der Waals surface area contributed by atoms with Crippen LogP contribution < -0.4 is 5.32 Å². The topological polar surface area (TPSA) is 109 Å². The number of benzene rings is 1. The van der Waals surface area contributed by atoms with Gasteiger partial charge in [0.05, 0.1) is 17.1 Å². The van der Waals surface area contributed by atoms with Crippen molar-refractivity contribution < 1.29 is 37.2 Å². The molecule has 1 aromatic rings. The standard InChI is InChI=1S/C22H34NO8P/c1-21(2,3)30-32(26,31-22(4,5)6)29-15-28-20(25)23-13-17-12-18(17)19(24)27-14-16-10-8-7-9-11-16/h7-11,17-18H,12-15H2,1-6H3,(H,23,25)/t17-,18-/m0/s1. The van der Waals surface area contributed by atoms with E-state index < -0.39 is 31.9 Å². The zero-order valence-corrected chi connectivity index (χ0v) is 20.5. The highest BCUT2D eigenvalue weighted by molar-refractivity contribution is 7.48. The van der Waals surface area contributed by atoms with Gasteiger partial charge < -0.3 is 14.8 Å². The van der Waals surface area contributed by atoms with E-state index in [-0.39, 0.29) is 31.0 Å². The normalized spacial score (nSPS) is 18.7. The molecule has 1 fully saturated rings. The van der Waals surface area contributed by atoms with Crippen molar-refractivity contribution in [3.05, 3.63) is 35.9 Å². The maximum atomic E-state index is 12.9. The van der Waals surface area contributed by atoms with Gasteiger partial charge in [0.15, 0.2) is 0 Å². The number of hydrogen-bond donors (Lipinski definition) is 1. The van der Waals surface area contributed by atoms with Crippen molar-refractivity contribution >= 4 is 19.9 Å². The maximum Gasteiger partial charge on any atom is 0.478 e. The second-order valence-corrected chi connectivity index (χ2v) is 11.1. The highest BCUT2D eigenvalue weighted by Gasteiger charge is 2.44. The van der Waals surface area contributed by atoms with Crippen molar-refractivity contribution in [1.82, 2.24) is 5.32 Å². The Balaban J connectivity index is 1.68. The van der Waals surface area contributed by atoms with Crippen molar-refractivity contribution in [3.63, 3.8) is 0 Å². The summed E-state index contributed by atoms with van der Waals surface area (Å²) in [6.45, 7) is 10.1. The molecule has 180 valence electrons. The first kappa shape index (κ1) is 26.3. The van der Waals surface area contributed by atoms with Gasteiger partial charge >= 0.3 is 19.9 Å². The molecule has 0 saturated heterocycles. The maximum absolute atomic E-state index is 12.9. The average molecular weight is 471 g/mol. The van der Waals surface area contributed by atoms with Crippen LogP contribution in [0.15, 0.2) is 30.3 Å². The lowest BCUT2D eigenvalue weighted by Crippen LogP contribution is -2.29. The number of rotatable bonds is 10. The molecule has 0 aromatic heterocycles. The fraction of sp³-hybridized carbons (Fsp3) is 0.636. The zero-order chi connectivity index (χ0) is 24.0. The molecular weight excluding hydrogens is 437 g/mol. The van der Waals surface area contributed by atoms with Gasteiger partial charge in [-0.25, -0.2) is 13.9 Å². The van der Waals surface area contributed by atoms with Crippen molar-refractivity contribution in [3.8, 4) is 0 Å². The van der Waals surface area contributed by atoms with E-state index in [1.165, 1.54) is 0 Å². The molecule has 2 atom stereocenters. The van der Waals surface area contributed by atoms with Crippen molar-refractivity contribution in [2.24, 2.45) is 11.8 Å². The Morgan fingerprint density at radius 3 is 2.16 bits per heavy atom. The van der Waals surface area contributed by atoms with Gasteiger partial charge in [0, 0.05) is 6.54 Å². The molecule has 0 heterocycles. The van der Waals surface area contributed by atoms with Crippen LogP contribution in [0.1, 0.15) is 53.5 Å². The van der Waals surface area contributed by atoms with E-state index in [0.717, 1.165) is 5.56 Å². The molecular formula is C22H34NO8P. The Labute approximate surface area is 189 Å². The molecule has 0 radical (unpaired) electrons. The molecule has 0 bridgehead atoms. The summed E-state index contributed by atoms with van der Waals surface area (Å²) in [4.78, 5) is 24.0. The van der Waals surface area contributed by atoms with Gasteiger partial charge in [0.25, 0.3) is 0 Å². The van der Waals surface area contributed by atoms with E-state index in [4.69, 9.17) is 23.0 Å². The van der Waals surface area contributed by atoms with Gasteiger partial charge in [-0.05, 0) is 59.4 Å². The Morgan fingerprint density at radius 2 is 1.59 bits per heavy atom. The van der Waals surface area contributed by atoms with Crippen LogP contribution in [0.25, 0.3) is 0 Å². The van der Waals surface area contributed by atoms with Crippen LogP contribution in [0.5, 0.6) is 0 Å².